The fourth-order valence-electron chi connectivity index (χ4n) is 4.87. The number of ether oxygens (including phenoxy) is 2. The number of alkyl halides is 3. The van der Waals surface area contributed by atoms with E-state index in [0.717, 1.165) is 13.5 Å². The summed E-state index contributed by atoms with van der Waals surface area (Å²) in [6.07, 6.45) is 2.53. The Bertz CT molecular complexity index is 1670. The van der Waals surface area contributed by atoms with E-state index in [-0.39, 0.29) is 46.3 Å². The van der Waals surface area contributed by atoms with Gasteiger partial charge in [0.05, 0.1) is 36.2 Å². The quantitative estimate of drug-likeness (QED) is 0.0959. The molecule has 0 amide bonds. The van der Waals surface area contributed by atoms with Gasteiger partial charge in [0.2, 0.25) is 5.76 Å². The first-order valence-electron chi connectivity index (χ1n) is 14.4. The fraction of sp³-hybridized carbons (Fsp3) is 0.394. The topological polar surface area (TPSA) is 123 Å². The van der Waals surface area contributed by atoms with Crippen LogP contribution in [0.25, 0.3) is 12.2 Å². The van der Waals surface area contributed by atoms with Crippen LogP contribution in [-0.4, -0.2) is 52.8 Å². The minimum absolute atomic E-state index is 0.0270. The molecule has 1 aliphatic carbocycles. The van der Waals surface area contributed by atoms with Gasteiger partial charge in [-0.05, 0) is 44.4 Å². The van der Waals surface area contributed by atoms with Crippen LogP contribution in [0.2, 0.25) is 0 Å². The molecule has 1 heterocycles. The molecule has 0 aliphatic heterocycles. The lowest BCUT2D eigenvalue weighted by molar-refractivity contribution is -0.140. The summed E-state index contributed by atoms with van der Waals surface area (Å²) in [6, 6.07) is 3.13. The number of esters is 1. The summed E-state index contributed by atoms with van der Waals surface area (Å²) in [5.74, 6) is -2.83. The summed E-state index contributed by atoms with van der Waals surface area (Å²) < 4.78 is 55.3. The van der Waals surface area contributed by atoms with Gasteiger partial charge < -0.3 is 24.1 Å². The number of carbonyl (C=O) groups excluding carboxylic acids is 2. The molecule has 0 bridgehead atoms. The summed E-state index contributed by atoms with van der Waals surface area (Å²) in [6.45, 7) is 3.50. The summed E-state index contributed by atoms with van der Waals surface area (Å²) in [5, 5.41) is 21.5. The Labute approximate surface area is 263 Å². The summed E-state index contributed by atoms with van der Waals surface area (Å²) >= 11 is 5.16. The Balaban J connectivity index is 1.88. The van der Waals surface area contributed by atoms with Gasteiger partial charge in [0, 0.05) is 29.2 Å². The van der Waals surface area contributed by atoms with Gasteiger partial charge >= 0.3 is 12.1 Å². The Morgan fingerprint density at radius 3 is 2.60 bits per heavy atom. The van der Waals surface area contributed by atoms with Crippen LogP contribution in [0.5, 0.6) is 11.5 Å². The third kappa shape index (κ3) is 9.24. The molecule has 242 valence electrons. The first kappa shape index (κ1) is 35.4. The van der Waals surface area contributed by atoms with Crippen LogP contribution < -0.4 is 20.8 Å². The molecule has 0 saturated carbocycles. The lowest BCUT2D eigenvalue weighted by Crippen LogP contribution is -2.46. The van der Waals surface area contributed by atoms with Gasteiger partial charge in [-0.25, -0.2) is 4.79 Å². The lowest BCUT2D eigenvalue weighted by atomic mass is 9.88. The molecule has 0 spiro atoms. The number of Topliss-reactive ketones (excluding diaryl/α,β-unsaturated/α-hetero) is 1. The zero-order valence-electron chi connectivity index (χ0n) is 25.1. The molecule has 2 aromatic rings. The number of phenols is 1. The van der Waals surface area contributed by atoms with Gasteiger partial charge in [-0.1, -0.05) is 55.9 Å². The minimum atomic E-state index is -4.56. The Hall–Kier alpha value is -4.03. The van der Waals surface area contributed by atoms with E-state index in [1.54, 1.807) is 18.2 Å². The summed E-state index contributed by atoms with van der Waals surface area (Å²) in [7, 11) is 1.06. The smallest absolute Gasteiger partial charge is 0.389 e. The lowest BCUT2D eigenvalue weighted by Gasteiger charge is -2.22. The number of aromatic hydroxyl groups is 1. The Kier molecular flexibility index (Phi) is 12.5. The van der Waals surface area contributed by atoms with Crippen molar-refractivity contribution in [2.75, 3.05) is 13.7 Å². The molecule has 2 N–H and O–H groups in total. The SMILES string of the molecule is CCCc1c(OCC/C=C\C=C\[C@H](c2c(C(=O)OC)oc3c(c2=O)=CCC(=S)C=3)[C@@H](O)CCC(F)(F)F)ccc(C(C)=O)c1O. The van der Waals surface area contributed by atoms with E-state index in [1.807, 2.05) is 6.92 Å². The number of hydrogen-bond acceptors (Lipinski definition) is 9. The summed E-state index contributed by atoms with van der Waals surface area (Å²) in [5.41, 5.74) is -0.232. The third-order valence-electron chi connectivity index (χ3n) is 7.08. The van der Waals surface area contributed by atoms with E-state index in [4.69, 9.17) is 26.1 Å². The predicted molar refractivity (Wildman–Crippen MR) is 166 cm³/mol. The number of fused-ring (bicyclic) bond motifs is 1. The van der Waals surface area contributed by atoms with Crippen molar-refractivity contribution in [2.24, 2.45) is 0 Å². The number of aliphatic hydroxyl groups excluding tert-OH is 1. The van der Waals surface area contributed by atoms with Gasteiger partial charge in [-0.3, -0.25) is 9.59 Å². The van der Waals surface area contributed by atoms with Crippen molar-refractivity contribution in [3.63, 3.8) is 0 Å². The maximum atomic E-state index is 13.6. The molecule has 0 radical (unpaired) electrons. The Morgan fingerprint density at radius 2 is 1.96 bits per heavy atom. The second-order valence-electron chi connectivity index (χ2n) is 10.4. The highest BCUT2D eigenvalue weighted by Gasteiger charge is 2.34. The normalized spacial score (nSPS) is 14.5. The van der Waals surface area contributed by atoms with Gasteiger partial charge in [-0.15, -0.1) is 0 Å². The molecule has 0 unspecified atom stereocenters. The van der Waals surface area contributed by atoms with Crippen molar-refractivity contribution in [3.8, 4) is 11.5 Å². The number of methoxy groups -OCH3 is 1. The maximum Gasteiger partial charge on any atom is 0.389 e. The number of halogens is 3. The Morgan fingerprint density at radius 1 is 1.22 bits per heavy atom. The second kappa shape index (κ2) is 15.8. The van der Waals surface area contributed by atoms with Crippen molar-refractivity contribution in [2.45, 2.75) is 70.6 Å². The van der Waals surface area contributed by atoms with Crippen molar-refractivity contribution in [1.82, 2.24) is 0 Å². The maximum absolute atomic E-state index is 13.6. The van der Waals surface area contributed by atoms with Crippen molar-refractivity contribution < 1.29 is 46.9 Å². The number of phenolic OH excluding ortho intramolecular Hbond substituents is 1. The highest BCUT2D eigenvalue weighted by atomic mass is 32.1. The number of allylic oxidation sites excluding steroid dienone is 2. The van der Waals surface area contributed by atoms with Crippen molar-refractivity contribution in [3.05, 3.63) is 79.7 Å². The first-order valence-corrected chi connectivity index (χ1v) is 14.8. The predicted octanol–water partition coefficient (Wildman–Crippen LogP) is 4.99. The van der Waals surface area contributed by atoms with E-state index in [9.17, 15) is 37.8 Å². The third-order valence-corrected chi connectivity index (χ3v) is 7.36. The van der Waals surface area contributed by atoms with E-state index >= 15 is 0 Å². The standard InChI is InChI=1S/C33H35F3O8S/c1-4-9-23-26(14-13-21(19(2)37)29(23)39)43-17-8-6-5-7-10-22(25(38)15-16-33(34,35)36)28-30(40)24-12-11-20(45)18-27(24)44-31(28)32(41)42-3/h5-7,10,12-14,18,22,25,38-39H,4,8-9,11,15-17H2,1-3H3/b6-5-,10-7+/t22-,25-/m0/s1. The van der Waals surface area contributed by atoms with E-state index in [1.165, 1.54) is 37.3 Å². The molecule has 0 fully saturated rings. The van der Waals surface area contributed by atoms with Gasteiger partial charge in [0.25, 0.3) is 0 Å². The molecule has 1 aromatic heterocycles. The molecule has 3 rings (SSSR count). The number of hydrogen-bond donors (Lipinski definition) is 2. The van der Waals surface area contributed by atoms with Crippen LogP contribution >= 0.6 is 12.2 Å². The second-order valence-corrected chi connectivity index (χ2v) is 10.9. The number of rotatable bonds is 14. The number of ketones is 1. The van der Waals surface area contributed by atoms with Crippen LogP contribution in [0, 0.1) is 0 Å². The zero-order chi connectivity index (χ0) is 33.3. The van der Waals surface area contributed by atoms with Crippen LogP contribution in [0.1, 0.15) is 83.9 Å². The molecule has 0 saturated heterocycles. The van der Waals surface area contributed by atoms with Gasteiger partial charge in [0.1, 0.15) is 16.9 Å². The van der Waals surface area contributed by atoms with E-state index < -0.39 is 48.2 Å². The highest BCUT2D eigenvalue weighted by Crippen LogP contribution is 2.33. The van der Waals surface area contributed by atoms with E-state index in [2.05, 4.69) is 0 Å². The van der Waals surface area contributed by atoms with E-state index in [0.29, 0.717) is 29.0 Å². The summed E-state index contributed by atoms with van der Waals surface area (Å²) in [4.78, 5) is 38.5. The van der Waals surface area contributed by atoms with Gasteiger partial charge in [-0.2, -0.15) is 13.2 Å². The molecule has 1 aliphatic rings. The molecule has 2 atom stereocenters. The average Bonchev–Trinajstić information content (AvgIpc) is 2.98. The monoisotopic (exact) mass is 648 g/mol. The average molecular weight is 649 g/mol. The number of thiocarbonyl (C=S) groups is 1. The van der Waals surface area contributed by atoms with Crippen LogP contribution in [0.15, 0.2) is 45.6 Å². The molecular formula is C33H35F3O8S. The van der Waals surface area contributed by atoms with Gasteiger partial charge in [0.15, 0.2) is 11.2 Å². The number of carbonyl (C=O) groups is 2. The minimum Gasteiger partial charge on any atom is -0.507 e. The van der Waals surface area contributed by atoms with Crippen molar-refractivity contribution >= 4 is 41.0 Å². The number of benzene rings is 1. The first-order chi connectivity index (χ1) is 21.3. The largest absolute Gasteiger partial charge is 0.507 e. The molecule has 8 nitrogen and oxygen atoms in total. The molecule has 45 heavy (non-hydrogen) atoms. The molecule has 1 aromatic carbocycles. The zero-order valence-corrected chi connectivity index (χ0v) is 25.9. The van der Waals surface area contributed by atoms with Crippen LogP contribution in [-0.2, 0) is 11.2 Å². The molecule has 12 heteroatoms. The van der Waals surface area contributed by atoms with Crippen LogP contribution in [0.3, 0.4) is 0 Å². The molecular weight excluding hydrogens is 613 g/mol. The van der Waals surface area contributed by atoms with Crippen molar-refractivity contribution in [1.29, 1.82) is 0 Å². The highest BCUT2D eigenvalue weighted by molar-refractivity contribution is 7.81. The fourth-order valence-corrected chi connectivity index (χ4v) is 5.06. The number of aliphatic hydroxyl groups is 1. The van der Waals surface area contributed by atoms with Crippen LogP contribution in [0.4, 0.5) is 13.2 Å².